The van der Waals surface area contributed by atoms with Crippen LogP contribution in [0.1, 0.15) is 23.6 Å². The van der Waals surface area contributed by atoms with Gasteiger partial charge in [0.2, 0.25) is 0 Å². The fourth-order valence-corrected chi connectivity index (χ4v) is 3.56. The van der Waals surface area contributed by atoms with E-state index < -0.39 is 9.84 Å². The van der Waals surface area contributed by atoms with Crippen LogP contribution >= 0.6 is 0 Å². The first-order valence-corrected chi connectivity index (χ1v) is 9.04. The normalized spacial score (nSPS) is 19.4. The van der Waals surface area contributed by atoms with Crippen LogP contribution in [0.25, 0.3) is 11.6 Å². The summed E-state index contributed by atoms with van der Waals surface area (Å²) >= 11 is 0. The molecule has 114 valence electrons. The number of halogens is 1. The third-order valence-corrected chi connectivity index (χ3v) is 5.19. The van der Waals surface area contributed by atoms with Crippen LogP contribution in [0.5, 0.6) is 0 Å². The zero-order valence-corrected chi connectivity index (χ0v) is 13.3. The number of rotatable bonds is 2. The van der Waals surface area contributed by atoms with Gasteiger partial charge in [0, 0.05) is 6.26 Å². The Labute approximate surface area is 130 Å². The fourth-order valence-electron chi connectivity index (χ4n) is 2.93. The summed E-state index contributed by atoms with van der Waals surface area (Å²) in [4.78, 5) is 0.316. The van der Waals surface area contributed by atoms with E-state index in [0.29, 0.717) is 10.8 Å². The molecule has 0 aliphatic heterocycles. The summed E-state index contributed by atoms with van der Waals surface area (Å²) in [6.07, 6.45) is 4.09. The van der Waals surface area contributed by atoms with Gasteiger partial charge in [-0.2, -0.15) is 0 Å². The van der Waals surface area contributed by atoms with Crippen LogP contribution in [0, 0.1) is 11.7 Å². The molecule has 0 heterocycles. The molecular weight excluding hydrogens is 299 g/mol. The molecule has 0 N–H and O–H groups in total. The first-order valence-electron chi connectivity index (χ1n) is 7.15. The molecule has 1 unspecified atom stereocenters. The van der Waals surface area contributed by atoms with E-state index in [4.69, 9.17) is 0 Å². The molecule has 0 radical (unpaired) electrons. The van der Waals surface area contributed by atoms with Gasteiger partial charge < -0.3 is 0 Å². The number of hydrogen-bond acceptors (Lipinski definition) is 2. The fraction of sp³-hybridized carbons (Fsp3) is 0.222. The molecule has 3 rings (SSSR count). The van der Waals surface area contributed by atoms with Gasteiger partial charge in [0.25, 0.3) is 0 Å². The van der Waals surface area contributed by atoms with E-state index in [2.05, 4.69) is 13.0 Å². The van der Waals surface area contributed by atoms with Gasteiger partial charge in [0.1, 0.15) is 5.82 Å². The standard InChI is InChI=1S/C18H17FO2S/c1-12-9-14-11-15(19)5-8-17(14)18(12)10-13-3-6-16(7-4-13)22(2,20)21/h3-8,10-12H,9H2,1-2H3/b18-10+. The topological polar surface area (TPSA) is 34.1 Å². The second kappa shape index (κ2) is 5.36. The maximum Gasteiger partial charge on any atom is 0.175 e. The minimum atomic E-state index is -3.17. The predicted molar refractivity (Wildman–Crippen MR) is 86.7 cm³/mol. The van der Waals surface area contributed by atoms with Crippen LogP contribution in [-0.2, 0) is 16.3 Å². The average Bonchev–Trinajstić information content (AvgIpc) is 2.74. The molecule has 1 aliphatic rings. The van der Waals surface area contributed by atoms with Gasteiger partial charge in [0.15, 0.2) is 9.84 Å². The van der Waals surface area contributed by atoms with Crippen LogP contribution in [-0.4, -0.2) is 14.7 Å². The molecule has 2 nitrogen and oxygen atoms in total. The summed E-state index contributed by atoms with van der Waals surface area (Å²) in [6.45, 7) is 2.12. The summed E-state index contributed by atoms with van der Waals surface area (Å²) in [6, 6.07) is 11.7. The molecule has 4 heteroatoms. The highest BCUT2D eigenvalue weighted by Crippen LogP contribution is 2.38. The molecule has 0 amide bonds. The van der Waals surface area contributed by atoms with Crippen molar-refractivity contribution in [2.45, 2.75) is 18.2 Å². The Balaban J connectivity index is 1.99. The molecule has 1 atom stereocenters. The highest BCUT2D eigenvalue weighted by atomic mass is 32.2. The second-order valence-electron chi connectivity index (χ2n) is 5.85. The van der Waals surface area contributed by atoms with Crippen molar-refractivity contribution in [2.75, 3.05) is 6.26 Å². The van der Waals surface area contributed by atoms with E-state index in [-0.39, 0.29) is 5.82 Å². The minimum absolute atomic E-state index is 0.204. The number of hydrogen-bond donors (Lipinski definition) is 0. The van der Waals surface area contributed by atoms with Crippen LogP contribution in [0.3, 0.4) is 0 Å². The Morgan fingerprint density at radius 2 is 1.82 bits per heavy atom. The molecule has 0 saturated carbocycles. The Morgan fingerprint density at radius 1 is 1.14 bits per heavy atom. The Hall–Kier alpha value is -1.94. The van der Waals surface area contributed by atoms with Crippen LogP contribution in [0.2, 0.25) is 0 Å². The zero-order valence-electron chi connectivity index (χ0n) is 12.5. The smallest absolute Gasteiger partial charge is 0.175 e. The number of allylic oxidation sites excluding steroid dienone is 1. The summed E-state index contributed by atoms with van der Waals surface area (Å²) in [5.74, 6) is 0.121. The minimum Gasteiger partial charge on any atom is -0.224 e. The Bertz CT molecular complexity index is 849. The zero-order chi connectivity index (χ0) is 15.9. The average molecular weight is 316 g/mol. The van der Waals surface area contributed by atoms with E-state index in [1.54, 1.807) is 30.3 Å². The molecular formula is C18H17FO2S. The van der Waals surface area contributed by atoms with Crippen LogP contribution < -0.4 is 0 Å². The lowest BCUT2D eigenvalue weighted by molar-refractivity contribution is 0.602. The van der Waals surface area contributed by atoms with Gasteiger partial charge in [-0.1, -0.05) is 31.2 Å². The molecule has 0 spiro atoms. The number of fused-ring (bicyclic) bond motifs is 1. The van der Waals surface area contributed by atoms with Crippen molar-refractivity contribution in [3.05, 3.63) is 65.0 Å². The SMILES string of the molecule is CC1Cc2cc(F)ccc2/C1=C/c1ccc(S(C)(=O)=O)cc1. The third kappa shape index (κ3) is 2.83. The second-order valence-corrected chi connectivity index (χ2v) is 7.86. The lowest BCUT2D eigenvalue weighted by atomic mass is 9.99. The van der Waals surface area contributed by atoms with Gasteiger partial charge in [-0.05, 0) is 58.9 Å². The van der Waals surface area contributed by atoms with Gasteiger partial charge in [0.05, 0.1) is 4.90 Å². The number of sulfone groups is 1. The van der Waals surface area contributed by atoms with Gasteiger partial charge in [-0.15, -0.1) is 0 Å². The molecule has 2 aromatic rings. The van der Waals surface area contributed by atoms with E-state index in [1.165, 1.54) is 17.9 Å². The van der Waals surface area contributed by atoms with Gasteiger partial charge in [-0.3, -0.25) is 0 Å². The molecule has 0 fully saturated rings. The van der Waals surface area contributed by atoms with Crippen molar-refractivity contribution >= 4 is 21.5 Å². The molecule has 0 aromatic heterocycles. The van der Waals surface area contributed by atoms with Crippen molar-refractivity contribution in [2.24, 2.45) is 5.92 Å². The van der Waals surface area contributed by atoms with Gasteiger partial charge >= 0.3 is 0 Å². The Kier molecular flexibility index (Phi) is 3.65. The van der Waals surface area contributed by atoms with Crippen molar-refractivity contribution in [3.63, 3.8) is 0 Å². The summed E-state index contributed by atoms with van der Waals surface area (Å²) in [7, 11) is -3.17. The molecule has 2 aromatic carbocycles. The lowest BCUT2D eigenvalue weighted by Gasteiger charge is -2.07. The van der Waals surface area contributed by atoms with E-state index in [0.717, 1.165) is 23.1 Å². The van der Waals surface area contributed by atoms with Crippen molar-refractivity contribution in [1.29, 1.82) is 0 Å². The highest BCUT2D eigenvalue weighted by molar-refractivity contribution is 7.90. The van der Waals surface area contributed by atoms with E-state index in [9.17, 15) is 12.8 Å². The molecule has 22 heavy (non-hydrogen) atoms. The van der Waals surface area contributed by atoms with Gasteiger partial charge in [-0.25, -0.2) is 12.8 Å². The summed E-state index contributed by atoms with van der Waals surface area (Å²) in [5.41, 5.74) is 4.24. The maximum absolute atomic E-state index is 13.3. The lowest BCUT2D eigenvalue weighted by Crippen LogP contribution is -1.96. The van der Waals surface area contributed by atoms with Crippen LogP contribution in [0.15, 0.2) is 47.4 Å². The van der Waals surface area contributed by atoms with E-state index in [1.807, 2.05) is 6.07 Å². The largest absolute Gasteiger partial charge is 0.224 e. The molecule has 0 bridgehead atoms. The van der Waals surface area contributed by atoms with Crippen LogP contribution in [0.4, 0.5) is 4.39 Å². The maximum atomic E-state index is 13.3. The van der Waals surface area contributed by atoms with Crippen molar-refractivity contribution in [3.8, 4) is 0 Å². The van der Waals surface area contributed by atoms with E-state index >= 15 is 0 Å². The first kappa shape index (κ1) is 15.0. The van der Waals surface area contributed by atoms with Crippen molar-refractivity contribution < 1.29 is 12.8 Å². The first-order chi connectivity index (χ1) is 10.3. The summed E-state index contributed by atoms with van der Waals surface area (Å²) in [5, 5.41) is 0. The Morgan fingerprint density at radius 3 is 2.45 bits per heavy atom. The van der Waals surface area contributed by atoms with Crippen molar-refractivity contribution in [1.82, 2.24) is 0 Å². The number of benzene rings is 2. The molecule has 0 saturated heterocycles. The predicted octanol–water partition coefficient (Wildman–Crippen LogP) is 3.96. The monoisotopic (exact) mass is 316 g/mol. The summed E-state index contributed by atoms with van der Waals surface area (Å²) < 4.78 is 36.3. The third-order valence-electron chi connectivity index (χ3n) is 4.07. The molecule has 1 aliphatic carbocycles. The highest BCUT2D eigenvalue weighted by Gasteiger charge is 2.23. The quantitative estimate of drug-likeness (QED) is 0.840.